The van der Waals surface area contributed by atoms with Crippen LogP contribution in [0.25, 0.3) is 5.69 Å². The van der Waals surface area contributed by atoms with Crippen molar-refractivity contribution in [3.05, 3.63) is 106 Å². The Labute approximate surface area is 232 Å². The van der Waals surface area contributed by atoms with Crippen LogP contribution in [0, 0.1) is 20.8 Å². The van der Waals surface area contributed by atoms with Gasteiger partial charge in [-0.05, 0) is 87.0 Å². The predicted octanol–water partition coefficient (Wildman–Crippen LogP) is 5.85. The van der Waals surface area contributed by atoms with Gasteiger partial charge in [0.2, 0.25) is 0 Å². The van der Waals surface area contributed by atoms with E-state index in [2.05, 4.69) is 15.8 Å². The number of rotatable bonds is 9. The molecule has 1 heterocycles. The second-order valence-electron chi connectivity index (χ2n) is 8.93. The zero-order chi connectivity index (χ0) is 27.9. The summed E-state index contributed by atoms with van der Waals surface area (Å²) in [5.41, 5.74) is 8.21. The maximum Gasteiger partial charge on any atom is 0.272 e. The van der Waals surface area contributed by atoms with Crippen molar-refractivity contribution in [1.29, 1.82) is 0 Å². The van der Waals surface area contributed by atoms with Crippen molar-refractivity contribution in [2.24, 2.45) is 5.10 Å². The summed E-state index contributed by atoms with van der Waals surface area (Å²) in [5.74, 6) is 0.0877. The number of amides is 2. The van der Waals surface area contributed by atoms with E-state index in [0.29, 0.717) is 33.3 Å². The summed E-state index contributed by atoms with van der Waals surface area (Å²) in [6.07, 6.45) is 1.48. The van der Waals surface area contributed by atoms with Crippen LogP contribution in [0.2, 0.25) is 5.02 Å². The number of hydrogen-bond donors (Lipinski definition) is 2. The van der Waals surface area contributed by atoms with E-state index in [1.54, 1.807) is 30.3 Å². The maximum atomic E-state index is 12.8. The van der Waals surface area contributed by atoms with Crippen LogP contribution < -0.4 is 20.2 Å². The van der Waals surface area contributed by atoms with Gasteiger partial charge in [-0.2, -0.15) is 5.10 Å². The van der Waals surface area contributed by atoms with E-state index in [4.69, 9.17) is 21.1 Å². The third-order valence-corrected chi connectivity index (χ3v) is 6.31. The van der Waals surface area contributed by atoms with Gasteiger partial charge in [0.05, 0.1) is 23.9 Å². The van der Waals surface area contributed by atoms with Crippen molar-refractivity contribution in [3.8, 4) is 17.2 Å². The average molecular weight is 545 g/mol. The Morgan fingerprint density at radius 2 is 1.64 bits per heavy atom. The highest BCUT2D eigenvalue weighted by molar-refractivity contribution is 6.33. The molecular formula is C30H29ClN4O4. The molecule has 0 atom stereocenters. The smallest absolute Gasteiger partial charge is 0.272 e. The van der Waals surface area contributed by atoms with Crippen LogP contribution in [0.3, 0.4) is 0 Å². The molecule has 2 N–H and O–H groups in total. The molecule has 4 rings (SSSR count). The van der Waals surface area contributed by atoms with Crippen molar-refractivity contribution in [2.75, 3.05) is 19.0 Å². The van der Waals surface area contributed by atoms with Crippen molar-refractivity contribution < 1.29 is 19.1 Å². The van der Waals surface area contributed by atoms with Crippen LogP contribution in [0.15, 0.2) is 77.9 Å². The van der Waals surface area contributed by atoms with Gasteiger partial charge in [0.25, 0.3) is 11.8 Å². The second kappa shape index (κ2) is 12.3. The summed E-state index contributed by atoms with van der Waals surface area (Å²) >= 11 is 6.31. The summed E-state index contributed by atoms with van der Waals surface area (Å²) < 4.78 is 13.1. The molecule has 200 valence electrons. The van der Waals surface area contributed by atoms with Crippen LogP contribution in [0.1, 0.15) is 32.9 Å². The molecule has 2 amide bonds. The molecule has 9 heteroatoms. The molecule has 4 aromatic rings. The topological polar surface area (TPSA) is 93.9 Å². The van der Waals surface area contributed by atoms with Gasteiger partial charge < -0.3 is 19.4 Å². The lowest BCUT2D eigenvalue weighted by Crippen LogP contribution is -2.20. The predicted molar refractivity (Wildman–Crippen MR) is 154 cm³/mol. The van der Waals surface area contributed by atoms with Crippen molar-refractivity contribution in [1.82, 2.24) is 9.99 Å². The minimum atomic E-state index is -0.438. The van der Waals surface area contributed by atoms with E-state index in [-0.39, 0.29) is 12.5 Å². The van der Waals surface area contributed by atoms with E-state index in [1.165, 1.54) is 13.3 Å². The molecule has 0 bridgehead atoms. The molecule has 0 saturated heterocycles. The molecule has 39 heavy (non-hydrogen) atoms. The zero-order valence-corrected chi connectivity index (χ0v) is 22.9. The molecule has 0 unspecified atom stereocenters. The normalized spacial score (nSPS) is 10.9. The van der Waals surface area contributed by atoms with E-state index in [9.17, 15) is 9.59 Å². The van der Waals surface area contributed by atoms with Crippen LogP contribution in [0.4, 0.5) is 5.69 Å². The molecule has 0 spiro atoms. The lowest BCUT2D eigenvalue weighted by molar-refractivity contribution is -0.118. The third kappa shape index (κ3) is 6.86. The molecule has 1 aromatic heterocycles. The van der Waals surface area contributed by atoms with Crippen LogP contribution >= 0.6 is 11.6 Å². The Balaban J connectivity index is 1.38. The van der Waals surface area contributed by atoms with Gasteiger partial charge in [-0.3, -0.25) is 9.59 Å². The van der Waals surface area contributed by atoms with Gasteiger partial charge >= 0.3 is 0 Å². The standard InChI is InChI=1S/C30H29ClN4O4/c1-19-5-10-23(11-6-19)33-29(36)18-39-27-14-9-22(15-28(27)38-4)17-32-34-30(37)25-16-24(12-13-26(25)31)35-20(2)7-8-21(35)3/h5-17H,18H2,1-4H3,(H,33,36)(H,34,37). The van der Waals surface area contributed by atoms with E-state index >= 15 is 0 Å². The number of halogens is 1. The Bertz CT molecular complexity index is 1510. The first-order valence-electron chi connectivity index (χ1n) is 12.2. The Hall–Kier alpha value is -4.56. The number of carbonyl (C=O) groups excluding carboxylic acids is 2. The summed E-state index contributed by atoms with van der Waals surface area (Å²) in [7, 11) is 1.50. The Morgan fingerprint density at radius 3 is 2.33 bits per heavy atom. The Kier molecular flexibility index (Phi) is 8.68. The first-order chi connectivity index (χ1) is 18.7. The molecule has 0 saturated carbocycles. The molecule has 0 aliphatic heterocycles. The average Bonchev–Trinajstić information content (AvgIpc) is 3.26. The summed E-state index contributed by atoms with van der Waals surface area (Å²) in [6, 6.07) is 21.9. The molecular weight excluding hydrogens is 516 g/mol. The molecule has 0 aliphatic rings. The molecule has 8 nitrogen and oxygen atoms in total. The number of ether oxygens (including phenoxy) is 2. The monoisotopic (exact) mass is 544 g/mol. The van der Waals surface area contributed by atoms with Crippen molar-refractivity contribution in [3.63, 3.8) is 0 Å². The number of hydrogen-bond acceptors (Lipinski definition) is 5. The maximum absolute atomic E-state index is 12.8. The highest BCUT2D eigenvalue weighted by Gasteiger charge is 2.13. The number of methoxy groups -OCH3 is 1. The number of hydrazone groups is 1. The van der Waals surface area contributed by atoms with Crippen LogP contribution in [-0.4, -0.2) is 36.3 Å². The van der Waals surface area contributed by atoms with Gasteiger partial charge in [-0.1, -0.05) is 29.3 Å². The highest BCUT2D eigenvalue weighted by Crippen LogP contribution is 2.28. The first-order valence-corrected chi connectivity index (χ1v) is 12.6. The molecule has 0 fully saturated rings. The van der Waals surface area contributed by atoms with E-state index in [0.717, 1.165) is 22.6 Å². The number of nitrogens with one attached hydrogen (secondary N) is 2. The molecule has 0 radical (unpaired) electrons. The van der Waals surface area contributed by atoms with E-state index in [1.807, 2.05) is 67.8 Å². The first kappa shape index (κ1) is 27.5. The van der Waals surface area contributed by atoms with Crippen LogP contribution in [0.5, 0.6) is 11.5 Å². The number of nitrogens with zero attached hydrogens (tertiary/aromatic N) is 2. The quantitative estimate of drug-likeness (QED) is 0.204. The number of anilines is 1. The van der Waals surface area contributed by atoms with Crippen molar-refractivity contribution in [2.45, 2.75) is 20.8 Å². The van der Waals surface area contributed by atoms with E-state index < -0.39 is 5.91 Å². The van der Waals surface area contributed by atoms with Gasteiger partial charge in [0, 0.05) is 22.8 Å². The largest absolute Gasteiger partial charge is 0.493 e. The summed E-state index contributed by atoms with van der Waals surface area (Å²) in [4.78, 5) is 25.1. The van der Waals surface area contributed by atoms with Gasteiger partial charge in [0.1, 0.15) is 0 Å². The lowest BCUT2D eigenvalue weighted by atomic mass is 10.2. The number of aryl methyl sites for hydroxylation is 3. The SMILES string of the molecule is COc1cc(C=NNC(=O)c2cc(-n3c(C)ccc3C)ccc2Cl)ccc1OCC(=O)Nc1ccc(C)cc1. The highest BCUT2D eigenvalue weighted by atomic mass is 35.5. The fraction of sp³-hybridized carbons (Fsp3) is 0.167. The van der Waals surface area contributed by atoms with Crippen molar-refractivity contribution >= 4 is 35.3 Å². The summed E-state index contributed by atoms with van der Waals surface area (Å²) in [5, 5.41) is 7.18. The van der Waals surface area contributed by atoms with Crippen LogP contribution in [-0.2, 0) is 4.79 Å². The van der Waals surface area contributed by atoms with Gasteiger partial charge in [-0.15, -0.1) is 0 Å². The number of benzene rings is 3. The number of carbonyl (C=O) groups is 2. The fourth-order valence-corrected chi connectivity index (χ4v) is 4.19. The van der Waals surface area contributed by atoms with Gasteiger partial charge in [0.15, 0.2) is 18.1 Å². The minimum Gasteiger partial charge on any atom is -0.493 e. The zero-order valence-electron chi connectivity index (χ0n) is 22.1. The number of aromatic nitrogens is 1. The minimum absolute atomic E-state index is 0.185. The lowest BCUT2D eigenvalue weighted by Gasteiger charge is -2.12. The second-order valence-corrected chi connectivity index (χ2v) is 9.34. The summed E-state index contributed by atoms with van der Waals surface area (Å²) in [6.45, 7) is 5.78. The molecule has 0 aliphatic carbocycles. The van der Waals surface area contributed by atoms with Gasteiger partial charge in [-0.25, -0.2) is 5.43 Å². The molecule has 3 aromatic carbocycles. The third-order valence-electron chi connectivity index (χ3n) is 5.99. The fourth-order valence-electron chi connectivity index (χ4n) is 3.99. The Morgan fingerprint density at radius 1 is 0.923 bits per heavy atom.